The van der Waals surface area contributed by atoms with E-state index in [1.807, 2.05) is 12.1 Å². The van der Waals surface area contributed by atoms with Crippen LogP contribution in [-0.4, -0.2) is 31.1 Å². The maximum atomic E-state index is 14.4. The Morgan fingerprint density at radius 3 is 2.52 bits per heavy atom. The third kappa shape index (κ3) is 3.25. The highest BCUT2D eigenvalue weighted by Crippen LogP contribution is 2.39. The molecule has 1 saturated heterocycles. The summed E-state index contributed by atoms with van der Waals surface area (Å²) in [5, 5.41) is 3.78. The van der Waals surface area contributed by atoms with E-state index in [9.17, 15) is 4.39 Å². The number of piperazine rings is 1. The molecule has 2 heterocycles. The van der Waals surface area contributed by atoms with E-state index in [1.165, 1.54) is 17.4 Å². The molecule has 3 rings (SSSR count). The molecule has 0 radical (unpaired) electrons. The molecular formula is C15H15Cl2FN2S. The highest BCUT2D eigenvalue weighted by molar-refractivity contribution is 7.16. The summed E-state index contributed by atoms with van der Waals surface area (Å²) < 4.78 is 15.1. The fraction of sp³-hybridized carbons (Fsp3) is 0.333. The van der Waals surface area contributed by atoms with Crippen molar-refractivity contribution in [1.82, 2.24) is 10.2 Å². The van der Waals surface area contributed by atoms with Crippen molar-refractivity contribution >= 4 is 34.5 Å². The third-order valence-corrected chi connectivity index (χ3v) is 5.27. The predicted octanol–water partition coefficient (Wildman–Crippen LogP) is 4.19. The lowest BCUT2D eigenvalue weighted by atomic mass is 10.0. The molecule has 112 valence electrons. The van der Waals surface area contributed by atoms with Crippen molar-refractivity contribution in [2.45, 2.75) is 6.04 Å². The molecule has 6 heteroatoms. The van der Waals surface area contributed by atoms with E-state index in [4.69, 9.17) is 23.2 Å². The van der Waals surface area contributed by atoms with Crippen molar-refractivity contribution in [2.75, 3.05) is 26.2 Å². The van der Waals surface area contributed by atoms with E-state index < -0.39 is 0 Å². The van der Waals surface area contributed by atoms with E-state index in [2.05, 4.69) is 10.2 Å². The smallest absolute Gasteiger partial charge is 0.129 e. The average Bonchev–Trinajstić information content (AvgIpc) is 2.90. The van der Waals surface area contributed by atoms with Gasteiger partial charge in [-0.2, -0.15) is 0 Å². The van der Waals surface area contributed by atoms with E-state index in [0.717, 1.165) is 31.1 Å². The third-order valence-electron chi connectivity index (χ3n) is 3.65. The van der Waals surface area contributed by atoms with Crippen LogP contribution in [0.15, 0.2) is 30.3 Å². The monoisotopic (exact) mass is 344 g/mol. The highest BCUT2D eigenvalue weighted by Gasteiger charge is 2.29. The summed E-state index contributed by atoms with van der Waals surface area (Å²) in [6.07, 6.45) is 0. The van der Waals surface area contributed by atoms with Crippen molar-refractivity contribution in [2.24, 2.45) is 0 Å². The van der Waals surface area contributed by atoms with Gasteiger partial charge in [0.25, 0.3) is 0 Å². The normalized spacial score (nSPS) is 17.9. The molecule has 2 aromatic rings. The Bertz CT molecular complexity index is 606. The van der Waals surface area contributed by atoms with Gasteiger partial charge >= 0.3 is 0 Å². The summed E-state index contributed by atoms with van der Waals surface area (Å²) in [5.74, 6) is -0.268. The van der Waals surface area contributed by atoms with Gasteiger partial charge in [-0.3, -0.25) is 4.90 Å². The minimum atomic E-state index is -0.268. The summed E-state index contributed by atoms with van der Waals surface area (Å²) in [6.45, 7) is 3.49. The first-order chi connectivity index (χ1) is 10.2. The molecule has 2 nitrogen and oxygen atoms in total. The van der Waals surface area contributed by atoms with Crippen LogP contribution in [0.5, 0.6) is 0 Å². The molecule has 1 atom stereocenters. The first kappa shape index (κ1) is 15.3. The van der Waals surface area contributed by atoms with Crippen LogP contribution in [0.25, 0.3) is 0 Å². The molecule has 0 amide bonds. The molecule has 1 aromatic carbocycles. The van der Waals surface area contributed by atoms with Crippen LogP contribution in [0.1, 0.15) is 16.5 Å². The van der Waals surface area contributed by atoms with Crippen molar-refractivity contribution in [3.05, 3.63) is 55.9 Å². The summed E-state index contributed by atoms with van der Waals surface area (Å²) >= 11 is 13.8. The lowest BCUT2D eigenvalue weighted by Gasteiger charge is -2.35. The van der Waals surface area contributed by atoms with Crippen LogP contribution in [0.3, 0.4) is 0 Å². The van der Waals surface area contributed by atoms with Gasteiger partial charge in [0, 0.05) is 41.6 Å². The highest BCUT2D eigenvalue weighted by atomic mass is 35.5. The zero-order chi connectivity index (χ0) is 14.8. The molecule has 0 saturated carbocycles. The molecule has 1 aliphatic heterocycles. The van der Waals surface area contributed by atoms with Crippen LogP contribution >= 0.6 is 34.5 Å². The number of nitrogens with one attached hydrogen (secondary N) is 1. The van der Waals surface area contributed by atoms with Crippen LogP contribution in [0, 0.1) is 5.82 Å². The number of rotatable bonds is 3. The zero-order valence-electron chi connectivity index (χ0n) is 11.3. The van der Waals surface area contributed by atoms with Crippen LogP contribution in [-0.2, 0) is 0 Å². The summed E-state index contributed by atoms with van der Waals surface area (Å²) in [6, 6.07) is 8.47. The Hall–Kier alpha value is -0.650. The first-order valence-corrected chi connectivity index (χ1v) is 8.38. The lowest BCUT2D eigenvalue weighted by Crippen LogP contribution is -2.45. The van der Waals surface area contributed by atoms with E-state index in [0.29, 0.717) is 14.9 Å². The number of hydrogen-bond donors (Lipinski definition) is 1. The quantitative estimate of drug-likeness (QED) is 0.897. The maximum Gasteiger partial charge on any atom is 0.129 e. The molecule has 21 heavy (non-hydrogen) atoms. The minimum Gasteiger partial charge on any atom is -0.314 e. The standard InChI is InChI=1S/C15H15Cl2FN2S/c16-10-2-1-3-11(18)14(10)15(12-4-5-13(17)21-12)20-8-6-19-7-9-20/h1-5,15,19H,6-9H2/t15-/m1/s1. The fourth-order valence-electron chi connectivity index (χ4n) is 2.69. The second kappa shape index (κ2) is 6.63. The number of halogens is 3. The van der Waals surface area contributed by atoms with E-state index >= 15 is 0 Å². The summed E-state index contributed by atoms with van der Waals surface area (Å²) in [4.78, 5) is 3.28. The van der Waals surface area contributed by atoms with E-state index in [1.54, 1.807) is 12.1 Å². The molecule has 1 N–H and O–H groups in total. The molecule has 1 fully saturated rings. The van der Waals surface area contributed by atoms with Gasteiger partial charge in [0.2, 0.25) is 0 Å². The maximum absolute atomic E-state index is 14.4. The summed E-state index contributed by atoms with van der Waals surface area (Å²) in [5.41, 5.74) is 0.541. The zero-order valence-corrected chi connectivity index (χ0v) is 13.6. The molecule has 0 aliphatic carbocycles. The molecule has 1 aromatic heterocycles. The van der Waals surface area contributed by atoms with Gasteiger partial charge in [0.05, 0.1) is 10.4 Å². The molecular weight excluding hydrogens is 330 g/mol. The topological polar surface area (TPSA) is 15.3 Å². The largest absolute Gasteiger partial charge is 0.314 e. The first-order valence-electron chi connectivity index (χ1n) is 6.81. The van der Waals surface area contributed by atoms with Gasteiger partial charge in [0.15, 0.2) is 0 Å². The van der Waals surface area contributed by atoms with Crippen LogP contribution in [0.2, 0.25) is 9.36 Å². The molecule has 0 bridgehead atoms. The SMILES string of the molecule is Fc1cccc(Cl)c1[C@@H](c1ccc(Cl)s1)N1CCNCC1. The van der Waals surface area contributed by atoms with Crippen molar-refractivity contribution in [1.29, 1.82) is 0 Å². The van der Waals surface area contributed by atoms with Crippen molar-refractivity contribution in [3.63, 3.8) is 0 Å². The van der Waals surface area contributed by atoms with Gasteiger partial charge in [0.1, 0.15) is 5.82 Å². The number of nitrogens with zero attached hydrogens (tertiary/aromatic N) is 1. The Balaban J connectivity index is 2.07. The molecule has 0 spiro atoms. The lowest BCUT2D eigenvalue weighted by molar-refractivity contribution is 0.197. The van der Waals surface area contributed by atoms with Crippen LogP contribution < -0.4 is 5.32 Å². The van der Waals surface area contributed by atoms with Crippen molar-refractivity contribution < 1.29 is 4.39 Å². The van der Waals surface area contributed by atoms with Gasteiger partial charge in [-0.05, 0) is 24.3 Å². The van der Waals surface area contributed by atoms with Crippen molar-refractivity contribution in [3.8, 4) is 0 Å². The Labute approximate surface area is 137 Å². The van der Waals surface area contributed by atoms with Gasteiger partial charge in [-0.15, -0.1) is 11.3 Å². The number of hydrogen-bond acceptors (Lipinski definition) is 3. The number of benzene rings is 1. The average molecular weight is 345 g/mol. The second-order valence-electron chi connectivity index (χ2n) is 4.97. The van der Waals surface area contributed by atoms with Gasteiger partial charge < -0.3 is 5.32 Å². The van der Waals surface area contributed by atoms with Gasteiger partial charge in [-0.25, -0.2) is 4.39 Å². The molecule has 1 aliphatic rings. The predicted molar refractivity (Wildman–Crippen MR) is 87.0 cm³/mol. The molecule has 0 unspecified atom stereocenters. The number of thiophene rings is 1. The van der Waals surface area contributed by atoms with Gasteiger partial charge in [-0.1, -0.05) is 29.3 Å². The Kier molecular flexibility index (Phi) is 4.82. The second-order valence-corrected chi connectivity index (χ2v) is 7.12. The Morgan fingerprint density at radius 2 is 1.90 bits per heavy atom. The van der Waals surface area contributed by atoms with Crippen LogP contribution in [0.4, 0.5) is 4.39 Å². The Morgan fingerprint density at radius 1 is 1.14 bits per heavy atom. The minimum absolute atomic E-state index is 0.182. The van der Waals surface area contributed by atoms with E-state index in [-0.39, 0.29) is 11.9 Å². The summed E-state index contributed by atoms with van der Waals surface area (Å²) in [7, 11) is 0. The fourth-order valence-corrected chi connectivity index (χ4v) is 4.16.